The highest BCUT2D eigenvalue weighted by atomic mass is 16.7. The van der Waals surface area contributed by atoms with Crippen molar-refractivity contribution in [3.8, 4) is 0 Å². The first kappa shape index (κ1) is 22.1. The molecule has 0 spiro atoms. The van der Waals surface area contributed by atoms with Gasteiger partial charge in [-0.1, -0.05) is 25.5 Å². The van der Waals surface area contributed by atoms with Crippen molar-refractivity contribution in [2.75, 3.05) is 13.7 Å². The molecule has 3 saturated carbocycles. The highest BCUT2D eigenvalue weighted by molar-refractivity contribution is 6.01. The maximum absolute atomic E-state index is 13.0. The van der Waals surface area contributed by atoms with Gasteiger partial charge in [0.05, 0.1) is 19.8 Å². The molecule has 7 nitrogen and oxygen atoms in total. The van der Waals surface area contributed by atoms with E-state index in [1.54, 1.807) is 19.1 Å². The van der Waals surface area contributed by atoms with E-state index in [-0.39, 0.29) is 30.1 Å². The van der Waals surface area contributed by atoms with Crippen LogP contribution in [-0.2, 0) is 23.8 Å². The lowest BCUT2D eigenvalue weighted by atomic mass is 9.46. The minimum Gasteiger partial charge on any atom is -0.466 e. The maximum atomic E-state index is 13.0. The zero-order valence-electron chi connectivity index (χ0n) is 18.7. The second kappa shape index (κ2) is 7.47. The van der Waals surface area contributed by atoms with Crippen LogP contribution in [0.3, 0.4) is 0 Å². The van der Waals surface area contributed by atoms with E-state index in [1.807, 2.05) is 13.0 Å². The molecule has 170 valence electrons. The smallest absolute Gasteiger partial charge is 0.466 e. The van der Waals surface area contributed by atoms with Crippen molar-refractivity contribution in [3.05, 3.63) is 23.8 Å². The van der Waals surface area contributed by atoms with E-state index in [1.165, 1.54) is 7.11 Å². The second-order valence-electron chi connectivity index (χ2n) is 9.85. The molecule has 0 saturated heterocycles. The fraction of sp³-hybridized carbons (Fsp3) is 0.708. The summed E-state index contributed by atoms with van der Waals surface area (Å²) in [6.07, 6.45) is 6.59. The van der Waals surface area contributed by atoms with Crippen LogP contribution >= 0.6 is 0 Å². The molecule has 7 atom stereocenters. The Morgan fingerprint density at radius 1 is 1.26 bits per heavy atom. The fourth-order valence-electron chi connectivity index (χ4n) is 7.31. The standard InChI is InChI=1S/C24H32O7/c1-5-30-21(28)31-24(20(27)29-4)11-9-17-16-7-6-14-12-15(25)8-10-22(14,2)19(16)18(26)13-23(17,24)3/h8,10,12,16-19,26H,5-7,9,11,13H2,1-4H3/t16?,17?,18-,19?,22-,23-,24-/m0/s1. The molecule has 0 aromatic carbocycles. The number of hydrogen-bond donors (Lipinski definition) is 1. The van der Waals surface area contributed by atoms with Gasteiger partial charge in [-0.05, 0) is 63.0 Å². The van der Waals surface area contributed by atoms with Crippen molar-refractivity contribution >= 4 is 17.9 Å². The molecular weight excluding hydrogens is 400 g/mol. The number of ether oxygens (including phenoxy) is 3. The third-order valence-electron chi connectivity index (χ3n) is 8.65. The summed E-state index contributed by atoms with van der Waals surface area (Å²) < 4.78 is 15.8. The van der Waals surface area contributed by atoms with Gasteiger partial charge in [0, 0.05) is 16.7 Å². The normalized spacial score (nSPS) is 43.3. The lowest BCUT2D eigenvalue weighted by molar-refractivity contribution is -0.199. The Kier molecular flexibility index (Phi) is 5.31. The summed E-state index contributed by atoms with van der Waals surface area (Å²) >= 11 is 0. The van der Waals surface area contributed by atoms with Gasteiger partial charge in [0.2, 0.25) is 5.60 Å². The molecule has 0 aromatic rings. The molecule has 0 aliphatic heterocycles. The van der Waals surface area contributed by atoms with Gasteiger partial charge in [-0.2, -0.15) is 0 Å². The quantitative estimate of drug-likeness (QED) is 0.683. The summed E-state index contributed by atoms with van der Waals surface area (Å²) in [7, 11) is 1.29. The zero-order chi connectivity index (χ0) is 22.6. The molecule has 1 N–H and O–H groups in total. The Morgan fingerprint density at radius 2 is 2.00 bits per heavy atom. The number of methoxy groups -OCH3 is 1. The van der Waals surface area contributed by atoms with Gasteiger partial charge < -0.3 is 19.3 Å². The predicted octanol–water partition coefficient (Wildman–Crippen LogP) is 3.35. The van der Waals surface area contributed by atoms with E-state index in [9.17, 15) is 19.5 Å². The van der Waals surface area contributed by atoms with Crippen LogP contribution in [0.25, 0.3) is 0 Å². The number of fused-ring (bicyclic) bond motifs is 5. The molecule has 0 bridgehead atoms. The number of allylic oxidation sites excluding steroid dienone is 4. The first-order valence-electron chi connectivity index (χ1n) is 11.2. The van der Waals surface area contributed by atoms with Gasteiger partial charge in [0.1, 0.15) is 0 Å². The predicted molar refractivity (Wildman–Crippen MR) is 111 cm³/mol. The van der Waals surface area contributed by atoms with Gasteiger partial charge in [0.25, 0.3) is 0 Å². The number of aliphatic hydroxyl groups is 1. The largest absolute Gasteiger partial charge is 0.509 e. The van der Waals surface area contributed by atoms with E-state index in [0.717, 1.165) is 18.4 Å². The third kappa shape index (κ3) is 2.99. The van der Waals surface area contributed by atoms with Crippen molar-refractivity contribution < 1.29 is 33.7 Å². The molecule has 7 heteroatoms. The lowest BCUT2D eigenvalue weighted by Gasteiger charge is -2.59. The Hall–Kier alpha value is -2.15. The average molecular weight is 433 g/mol. The van der Waals surface area contributed by atoms with Crippen molar-refractivity contribution in [2.24, 2.45) is 28.6 Å². The van der Waals surface area contributed by atoms with E-state index in [0.29, 0.717) is 19.3 Å². The van der Waals surface area contributed by atoms with Crippen LogP contribution in [0.15, 0.2) is 23.8 Å². The van der Waals surface area contributed by atoms with E-state index < -0.39 is 34.7 Å². The molecule has 31 heavy (non-hydrogen) atoms. The Labute approximate surface area is 182 Å². The third-order valence-corrected chi connectivity index (χ3v) is 8.65. The van der Waals surface area contributed by atoms with Crippen molar-refractivity contribution in [3.63, 3.8) is 0 Å². The molecule has 4 aliphatic carbocycles. The second-order valence-corrected chi connectivity index (χ2v) is 9.85. The van der Waals surface area contributed by atoms with E-state index in [4.69, 9.17) is 14.2 Å². The van der Waals surface area contributed by atoms with Crippen LogP contribution in [0, 0.1) is 28.6 Å². The van der Waals surface area contributed by atoms with Crippen LogP contribution in [0.2, 0.25) is 0 Å². The molecule has 0 radical (unpaired) electrons. The number of carbonyl (C=O) groups excluding carboxylic acids is 3. The van der Waals surface area contributed by atoms with Gasteiger partial charge in [0.15, 0.2) is 5.78 Å². The molecule has 3 fully saturated rings. The van der Waals surface area contributed by atoms with Gasteiger partial charge in [-0.3, -0.25) is 4.79 Å². The monoisotopic (exact) mass is 432 g/mol. The summed E-state index contributed by atoms with van der Waals surface area (Å²) in [5.74, 6) is -0.465. The SMILES string of the molecule is CCOC(=O)O[C@]1(C(=O)OC)CCC2C3CCC4=CC(=O)C=C[C@]4(C)C3[C@@H](O)C[C@@]21C. The van der Waals surface area contributed by atoms with Crippen LogP contribution in [-0.4, -0.2) is 48.4 Å². The number of rotatable bonds is 3. The van der Waals surface area contributed by atoms with Crippen molar-refractivity contribution in [2.45, 2.75) is 64.6 Å². The molecule has 0 amide bonds. The number of carbonyl (C=O) groups is 3. The van der Waals surface area contributed by atoms with Crippen LogP contribution in [0.5, 0.6) is 0 Å². The number of hydrogen-bond acceptors (Lipinski definition) is 7. The Morgan fingerprint density at radius 3 is 2.68 bits per heavy atom. The van der Waals surface area contributed by atoms with Crippen molar-refractivity contribution in [1.29, 1.82) is 0 Å². The minimum atomic E-state index is -1.49. The topological polar surface area (TPSA) is 99.1 Å². The number of aliphatic hydroxyl groups excluding tert-OH is 1. The first-order valence-corrected chi connectivity index (χ1v) is 11.2. The first-order chi connectivity index (χ1) is 14.6. The molecular formula is C24H32O7. The minimum absolute atomic E-state index is 0.00512. The fourth-order valence-corrected chi connectivity index (χ4v) is 7.31. The molecule has 4 rings (SSSR count). The summed E-state index contributed by atoms with van der Waals surface area (Å²) in [5.41, 5.74) is -1.58. The van der Waals surface area contributed by atoms with Crippen LogP contribution in [0.4, 0.5) is 4.79 Å². The van der Waals surface area contributed by atoms with Crippen LogP contribution < -0.4 is 0 Å². The van der Waals surface area contributed by atoms with Gasteiger partial charge >= 0.3 is 12.1 Å². The zero-order valence-corrected chi connectivity index (χ0v) is 18.7. The summed E-state index contributed by atoms with van der Waals surface area (Å²) in [6, 6.07) is 0. The highest BCUT2D eigenvalue weighted by Gasteiger charge is 2.71. The number of ketones is 1. The maximum Gasteiger partial charge on any atom is 0.509 e. The summed E-state index contributed by atoms with van der Waals surface area (Å²) in [4.78, 5) is 37.3. The van der Waals surface area contributed by atoms with Crippen LogP contribution in [0.1, 0.15) is 52.9 Å². The molecule has 0 heterocycles. The summed E-state index contributed by atoms with van der Waals surface area (Å²) in [6.45, 7) is 5.86. The highest BCUT2D eigenvalue weighted by Crippen LogP contribution is 2.67. The molecule has 4 aliphatic rings. The average Bonchev–Trinajstić information content (AvgIpc) is 3.00. The molecule has 0 aromatic heterocycles. The Balaban J connectivity index is 1.73. The van der Waals surface area contributed by atoms with Gasteiger partial charge in [-0.25, -0.2) is 9.59 Å². The molecule has 3 unspecified atom stereocenters. The summed E-state index contributed by atoms with van der Waals surface area (Å²) in [5, 5.41) is 11.4. The van der Waals surface area contributed by atoms with Crippen molar-refractivity contribution in [1.82, 2.24) is 0 Å². The van der Waals surface area contributed by atoms with Gasteiger partial charge in [-0.15, -0.1) is 0 Å². The lowest BCUT2D eigenvalue weighted by Crippen LogP contribution is -2.62. The van der Waals surface area contributed by atoms with E-state index in [2.05, 4.69) is 6.92 Å². The number of esters is 1. The van der Waals surface area contributed by atoms with E-state index >= 15 is 0 Å². The Bertz CT molecular complexity index is 860.